The van der Waals surface area contributed by atoms with Gasteiger partial charge in [-0.05, 0) is 86.9 Å². The van der Waals surface area contributed by atoms with Crippen molar-refractivity contribution in [3.8, 4) is 5.88 Å². The van der Waals surface area contributed by atoms with Crippen molar-refractivity contribution >= 4 is 69.1 Å². The Morgan fingerprint density at radius 1 is 1.02 bits per heavy atom. The van der Waals surface area contributed by atoms with Gasteiger partial charge in [0.05, 0.1) is 22.6 Å². The number of rotatable bonds is 8. The molecule has 4 heterocycles. The average Bonchev–Trinajstić information content (AvgIpc) is 2.94. The average molecular weight is 625 g/mol. The molecule has 0 bridgehead atoms. The van der Waals surface area contributed by atoms with Gasteiger partial charge in [-0.1, -0.05) is 7.92 Å². The van der Waals surface area contributed by atoms with E-state index < -0.39 is 7.92 Å². The van der Waals surface area contributed by atoms with E-state index >= 15 is 0 Å². The quantitative estimate of drug-likeness (QED) is 0.252. The summed E-state index contributed by atoms with van der Waals surface area (Å²) in [6.45, 7) is 8.44. The van der Waals surface area contributed by atoms with Crippen LogP contribution < -0.4 is 25.6 Å². The van der Waals surface area contributed by atoms with Crippen LogP contribution in [0, 0.1) is 6.92 Å². The first kappa shape index (κ1) is 28.4. The topological polar surface area (TPSA) is 104 Å². The predicted molar refractivity (Wildman–Crippen MR) is 169 cm³/mol. The molecule has 2 N–H and O–H groups in total. The van der Waals surface area contributed by atoms with E-state index in [0.717, 1.165) is 63.8 Å². The summed E-state index contributed by atoms with van der Waals surface area (Å²) < 4.78 is 6.44. The van der Waals surface area contributed by atoms with Crippen LogP contribution in [-0.2, 0) is 0 Å². The first-order chi connectivity index (χ1) is 19.2. The fraction of sp³-hybridized carbons (Fsp3) is 0.393. The molecule has 3 aromatic heterocycles. The van der Waals surface area contributed by atoms with Gasteiger partial charge in [-0.15, -0.1) is 0 Å². The van der Waals surface area contributed by atoms with Gasteiger partial charge in [-0.2, -0.15) is 9.97 Å². The molecule has 0 amide bonds. The van der Waals surface area contributed by atoms with Gasteiger partial charge in [0, 0.05) is 48.7 Å². The van der Waals surface area contributed by atoms with Crippen molar-refractivity contribution in [2.75, 3.05) is 63.2 Å². The summed E-state index contributed by atoms with van der Waals surface area (Å²) in [7, 11) is 5.48. The maximum atomic E-state index is 5.70. The summed E-state index contributed by atoms with van der Waals surface area (Å²) >= 11 is 3.61. The summed E-state index contributed by atoms with van der Waals surface area (Å²) in [5, 5.41) is 7.97. The van der Waals surface area contributed by atoms with Gasteiger partial charge in [0.15, 0.2) is 0 Å². The summed E-state index contributed by atoms with van der Waals surface area (Å²) in [5.41, 5.74) is 4.52. The number of nitrogens with zero attached hydrogens (tertiary/aromatic N) is 7. The van der Waals surface area contributed by atoms with Crippen molar-refractivity contribution in [1.29, 1.82) is 0 Å². The van der Waals surface area contributed by atoms with E-state index in [2.05, 4.69) is 91.7 Å². The molecule has 1 saturated heterocycles. The maximum absolute atomic E-state index is 5.70. The van der Waals surface area contributed by atoms with E-state index in [1.165, 1.54) is 0 Å². The predicted octanol–water partition coefficient (Wildman–Crippen LogP) is 5.28. The molecule has 1 aliphatic rings. The van der Waals surface area contributed by atoms with E-state index in [0.29, 0.717) is 29.4 Å². The van der Waals surface area contributed by atoms with E-state index in [1.54, 1.807) is 25.7 Å². The SMILES string of the molecule is COc1nc(N2CCC(N(C)C)CC2)c(C)cc1Nc1ncc(Br)c(Nc2ccc3nccnc3c2P(C)C)n1. The molecular formula is C28H35BrN9OP. The number of anilines is 5. The van der Waals surface area contributed by atoms with Crippen LogP contribution in [0.2, 0.25) is 0 Å². The van der Waals surface area contributed by atoms with E-state index in [4.69, 9.17) is 14.7 Å². The molecular weight excluding hydrogens is 589 g/mol. The van der Waals surface area contributed by atoms with Gasteiger partial charge in [0.25, 0.3) is 0 Å². The highest BCUT2D eigenvalue weighted by molar-refractivity contribution is 9.10. The monoisotopic (exact) mass is 623 g/mol. The van der Waals surface area contributed by atoms with Gasteiger partial charge in [-0.25, -0.2) is 4.98 Å². The zero-order valence-electron chi connectivity index (χ0n) is 23.7. The third-order valence-corrected chi connectivity index (χ3v) is 9.07. The number of nitrogens with one attached hydrogen (secondary N) is 2. The van der Waals surface area contributed by atoms with Gasteiger partial charge >= 0.3 is 0 Å². The minimum Gasteiger partial charge on any atom is -0.479 e. The number of piperidine rings is 1. The highest BCUT2D eigenvalue weighted by atomic mass is 79.9. The molecule has 210 valence electrons. The third-order valence-electron chi connectivity index (χ3n) is 7.14. The first-order valence-electron chi connectivity index (χ1n) is 13.2. The number of hydrogen-bond acceptors (Lipinski definition) is 10. The Balaban J connectivity index is 1.40. The van der Waals surface area contributed by atoms with Crippen LogP contribution in [0.25, 0.3) is 11.0 Å². The van der Waals surface area contributed by atoms with Gasteiger partial charge in [0.2, 0.25) is 11.8 Å². The van der Waals surface area contributed by atoms with Crippen LogP contribution in [0.4, 0.5) is 29.0 Å². The van der Waals surface area contributed by atoms with Gasteiger partial charge in [0.1, 0.15) is 17.3 Å². The Labute approximate surface area is 244 Å². The number of aryl methyl sites for hydroxylation is 1. The second-order valence-electron chi connectivity index (χ2n) is 10.3. The largest absolute Gasteiger partial charge is 0.479 e. The molecule has 5 rings (SSSR count). The maximum Gasteiger partial charge on any atom is 0.239 e. The number of aromatic nitrogens is 5. The van der Waals surface area contributed by atoms with Gasteiger partial charge < -0.3 is 25.2 Å². The molecule has 0 atom stereocenters. The smallest absolute Gasteiger partial charge is 0.239 e. The number of ether oxygens (including phenoxy) is 1. The summed E-state index contributed by atoms with van der Waals surface area (Å²) in [5.74, 6) is 2.54. The zero-order valence-corrected chi connectivity index (χ0v) is 26.2. The highest BCUT2D eigenvalue weighted by Gasteiger charge is 2.24. The Kier molecular flexibility index (Phi) is 8.63. The minimum absolute atomic E-state index is 0.433. The van der Waals surface area contributed by atoms with Crippen molar-refractivity contribution in [3.05, 3.63) is 46.8 Å². The van der Waals surface area contributed by atoms with Crippen LogP contribution in [0.5, 0.6) is 5.88 Å². The molecule has 0 aliphatic carbocycles. The van der Waals surface area contributed by atoms with E-state index in [1.807, 2.05) is 12.1 Å². The van der Waals surface area contributed by atoms with Gasteiger partial charge in [-0.3, -0.25) is 9.97 Å². The molecule has 0 spiro atoms. The van der Waals surface area contributed by atoms with Crippen molar-refractivity contribution in [2.45, 2.75) is 25.8 Å². The van der Waals surface area contributed by atoms with Crippen LogP contribution in [-0.4, -0.2) is 83.5 Å². The molecule has 0 saturated carbocycles. The number of pyridine rings is 1. The van der Waals surface area contributed by atoms with Crippen molar-refractivity contribution in [3.63, 3.8) is 0 Å². The number of methoxy groups -OCH3 is 1. The van der Waals surface area contributed by atoms with Crippen LogP contribution in [0.15, 0.2) is 41.3 Å². The Morgan fingerprint density at radius 2 is 1.77 bits per heavy atom. The molecule has 10 nitrogen and oxygen atoms in total. The number of fused-ring (bicyclic) bond motifs is 1. The summed E-state index contributed by atoms with van der Waals surface area (Å²) in [6.07, 6.45) is 7.41. The fourth-order valence-electron chi connectivity index (χ4n) is 5.09. The molecule has 1 aliphatic heterocycles. The molecule has 0 radical (unpaired) electrons. The molecule has 12 heteroatoms. The normalized spacial score (nSPS) is 14.3. The van der Waals surface area contributed by atoms with Crippen molar-refractivity contribution in [2.24, 2.45) is 0 Å². The minimum atomic E-state index is -0.465. The Hall–Kier alpha value is -3.14. The lowest BCUT2D eigenvalue weighted by atomic mass is 10.0. The number of benzene rings is 1. The molecule has 1 fully saturated rings. The van der Waals surface area contributed by atoms with Crippen molar-refractivity contribution in [1.82, 2.24) is 29.8 Å². The zero-order chi connectivity index (χ0) is 28.4. The lowest BCUT2D eigenvalue weighted by Crippen LogP contribution is -2.42. The van der Waals surface area contributed by atoms with E-state index in [-0.39, 0.29) is 0 Å². The number of halogens is 1. The van der Waals surface area contributed by atoms with Crippen molar-refractivity contribution < 1.29 is 4.74 Å². The standard InChI is InChI=1S/C28H35BrN9OP/c1-17-15-22(27(39-4)36-26(17)38-13-9-18(10-14-38)37(2)3)34-28-32-16-19(29)25(35-28)33-21-8-7-20-23(24(21)40(5)6)31-12-11-30-20/h7-8,11-12,15-16,18H,9-10,13-14H2,1-6H3,(H2,32,33,34,35). The molecule has 4 aromatic rings. The molecule has 40 heavy (non-hydrogen) atoms. The molecule has 1 aromatic carbocycles. The fourth-order valence-corrected chi connectivity index (χ4v) is 6.58. The summed E-state index contributed by atoms with van der Waals surface area (Å²) in [4.78, 5) is 27.9. The summed E-state index contributed by atoms with van der Waals surface area (Å²) in [6, 6.07) is 6.67. The first-order valence-corrected chi connectivity index (χ1v) is 16.2. The highest BCUT2D eigenvalue weighted by Crippen LogP contribution is 2.36. The van der Waals surface area contributed by atoms with Crippen LogP contribution >= 0.6 is 23.9 Å². The van der Waals surface area contributed by atoms with Crippen LogP contribution in [0.3, 0.4) is 0 Å². The second kappa shape index (κ2) is 12.2. The third kappa shape index (κ3) is 5.96. The lowest BCUT2D eigenvalue weighted by molar-refractivity contribution is 0.249. The number of hydrogen-bond donors (Lipinski definition) is 2. The Bertz CT molecular complexity index is 1510. The molecule has 0 unspecified atom stereocenters. The van der Waals surface area contributed by atoms with E-state index in [9.17, 15) is 0 Å². The Morgan fingerprint density at radius 3 is 2.48 bits per heavy atom. The second-order valence-corrected chi connectivity index (χ2v) is 13.4. The lowest BCUT2D eigenvalue weighted by Gasteiger charge is -2.36. The van der Waals surface area contributed by atoms with Crippen LogP contribution in [0.1, 0.15) is 18.4 Å².